The number of aryl methyl sites for hydroxylation is 1. The molecule has 0 fully saturated rings. The van der Waals surface area contributed by atoms with Crippen LogP contribution in [-0.4, -0.2) is 6.09 Å². The molecule has 2 rings (SSSR count). The molecule has 0 spiro atoms. The molecule has 1 N–H and O–H groups in total. The Morgan fingerprint density at radius 3 is 2.80 bits per heavy atom. The molecular formula is C12H15NO2. The van der Waals surface area contributed by atoms with E-state index < -0.39 is 0 Å². The molecule has 0 aliphatic carbocycles. The Balaban J connectivity index is 2.53. The van der Waals surface area contributed by atoms with Crippen LogP contribution in [0.15, 0.2) is 18.2 Å². The fourth-order valence-electron chi connectivity index (χ4n) is 1.82. The average molecular weight is 205 g/mol. The summed E-state index contributed by atoms with van der Waals surface area (Å²) < 4.78 is 5.12. The van der Waals surface area contributed by atoms with Gasteiger partial charge in [-0.1, -0.05) is 13.0 Å². The number of carbonyl (C=O) groups excluding carboxylic acids is 1. The van der Waals surface area contributed by atoms with Gasteiger partial charge in [-0.15, -0.1) is 0 Å². The minimum absolute atomic E-state index is 0.351. The predicted molar refractivity (Wildman–Crippen MR) is 58.0 cm³/mol. The topological polar surface area (TPSA) is 38.3 Å². The molecule has 1 aromatic carbocycles. The van der Waals surface area contributed by atoms with Crippen LogP contribution in [0.4, 0.5) is 4.79 Å². The highest BCUT2D eigenvalue weighted by atomic mass is 16.6. The summed E-state index contributed by atoms with van der Waals surface area (Å²) in [5.41, 5.74) is 1.94. The number of hydrogen-bond acceptors (Lipinski definition) is 2. The molecule has 1 aliphatic rings. The molecular weight excluding hydrogens is 190 g/mol. The Morgan fingerprint density at radius 2 is 2.13 bits per heavy atom. The van der Waals surface area contributed by atoms with Gasteiger partial charge in [0.25, 0.3) is 0 Å². The normalized spacial score (nSPS) is 17.7. The lowest BCUT2D eigenvalue weighted by molar-refractivity contribution is 0.177. The molecule has 80 valence electrons. The van der Waals surface area contributed by atoms with Gasteiger partial charge >= 0.3 is 6.09 Å². The van der Waals surface area contributed by atoms with Crippen molar-refractivity contribution in [3.05, 3.63) is 29.3 Å². The van der Waals surface area contributed by atoms with Crippen molar-refractivity contribution in [1.29, 1.82) is 0 Å². The maximum atomic E-state index is 11.3. The van der Waals surface area contributed by atoms with E-state index in [-0.39, 0.29) is 11.6 Å². The number of carbonyl (C=O) groups is 1. The van der Waals surface area contributed by atoms with Crippen molar-refractivity contribution in [2.75, 3.05) is 0 Å². The summed E-state index contributed by atoms with van der Waals surface area (Å²) in [4.78, 5) is 11.3. The summed E-state index contributed by atoms with van der Waals surface area (Å²) >= 11 is 0. The summed E-state index contributed by atoms with van der Waals surface area (Å²) in [7, 11) is 0. The lowest BCUT2D eigenvalue weighted by Crippen LogP contribution is -2.46. The Bertz CT molecular complexity index is 410. The first-order valence-corrected chi connectivity index (χ1v) is 5.16. The first kappa shape index (κ1) is 10.0. The number of benzene rings is 1. The van der Waals surface area contributed by atoms with E-state index in [1.165, 1.54) is 5.56 Å². The van der Waals surface area contributed by atoms with Crippen LogP contribution in [0.25, 0.3) is 0 Å². The van der Waals surface area contributed by atoms with Crippen molar-refractivity contribution in [2.45, 2.75) is 32.7 Å². The van der Waals surface area contributed by atoms with E-state index in [1.807, 2.05) is 26.0 Å². The van der Waals surface area contributed by atoms with Gasteiger partial charge in [-0.2, -0.15) is 0 Å². The van der Waals surface area contributed by atoms with Crippen LogP contribution in [0.2, 0.25) is 0 Å². The molecule has 0 radical (unpaired) electrons. The van der Waals surface area contributed by atoms with Gasteiger partial charge in [0.2, 0.25) is 0 Å². The summed E-state index contributed by atoms with van der Waals surface area (Å²) in [6.45, 7) is 6.06. The highest BCUT2D eigenvalue weighted by Gasteiger charge is 2.32. The second kappa shape index (κ2) is 3.26. The molecule has 15 heavy (non-hydrogen) atoms. The molecule has 1 aromatic rings. The zero-order valence-electron chi connectivity index (χ0n) is 9.26. The van der Waals surface area contributed by atoms with Crippen molar-refractivity contribution in [2.24, 2.45) is 0 Å². The number of rotatable bonds is 1. The van der Waals surface area contributed by atoms with Crippen LogP contribution >= 0.6 is 0 Å². The van der Waals surface area contributed by atoms with E-state index in [4.69, 9.17) is 4.74 Å². The number of fused-ring (bicyclic) bond motifs is 1. The predicted octanol–water partition coefficient (Wildman–Crippen LogP) is 2.59. The molecule has 1 aliphatic heterocycles. The Morgan fingerprint density at radius 1 is 1.40 bits per heavy atom. The molecule has 0 atom stereocenters. The fourth-order valence-corrected chi connectivity index (χ4v) is 1.82. The monoisotopic (exact) mass is 205 g/mol. The number of nitrogens with one attached hydrogen (secondary N) is 1. The molecule has 0 unspecified atom stereocenters. The third-order valence-corrected chi connectivity index (χ3v) is 2.74. The fraction of sp³-hybridized carbons (Fsp3) is 0.417. The molecule has 1 amide bonds. The Labute approximate surface area is 89.4 Å². The van der Waals surface area contributed by atoms with Crippen molar-refractivity contribution in [1.82, 2.24) is 5.32 Å². The Hall–Kier alpha value is -1.51. The average Bonchev–Trinajstić information content (AvgIpc) is 2.16. The van der Waals surface area contributed by atoms with Gasteiger partial charge in [0.1, 0.15) is 5.75 Å². The standard InChI is InChI=1S/C12H15NO2/c1-4-8-5-6-10-9(7-8)12(2,3)13-11(14)15-10/h5-7H,4H2,1-3H3,(H,13,14). The zero-order chi connectivity index (χ0) is 11.1. The number of amides is 1. The molecule has 1 heterocycles. The van der Waals surface area contributed by atoms with Gasteiger partial charge < -0.3 is 10.1 Å². The van der Waals surface area contributed by atoms with Gasteiger partial charge in [-0.25, -0.2) is 4.79 Å². The van der Waals surface area contributed by atoms with E-state index in [2.05, 4.69) is 18.3 Å². The van der Waals surface area contributed by atoms with E-state index in [0.717, 1.165) is 12.0 Å². The SMILES string of the molecule is CCc1ccc2c(c1)C(C)(C)NC(=O)O2. The third kappa shape index (κ3) is 1.69. The molecule has 0 aromatic heterocycles. The van der Waals surface area contributed by atoms with Gasteiger partial charge in [0.05, 0.1) is 5.54 Å². The summed E-state index contributed by atoms with van der Waals surface area (Å²) in [5.74, 6) is 0.668. The molecule has 3 nitrogen and oxygen atoms in total. The van der Waals surface area contributed by atoms with Crippen molar-refractivity contribution in [3.63, 3.8) is 0 Å². The molecule has 0 saturated carbocycles. The van der Waals surface area contributed by atoms with E-state index in [0.29, 0.717) is 5.75 Å². The van der Waals surface area contributed by atoms with E-state index >= 15 is 0 Å². The number of hydrogen-bond donors (Lipinski definition) is 1. The van der Waals surface area contributed by atoms with Gasteiger partial charge in [-0.05, 0) is 38.0 Å². The van der Waals surface area contributed by atoms with Crippen molar-refractivity contribution < 1.29 is 9.53 Å². The maximum absolute atomic E-state index is 11.3. The first-order chi connectivity index (χ1) is 7.03. The molecule has 0 bridgehead atoms. The first-order valence-electron chi connectivity index (χ1n) is 5.16. The van der Waals surface area contributed by atoms with Crippen LogP contribution in [0.1, 0.15) is 31.9 Å². The van der Waals surface area contributed by atoms with Gasteiger partial charge in [-0.3, -0.25) is 0 Å². The van der Waals surface area contributed by atoms with Crippen LogP contribution in [0, 0.1) is 0 Å². The highest BCUT2D eigenvalue weighted by molar-refractivity contribution is 5.75. The highest BCUT2D eigenvalue weighted by Crippen LogP contribution is 2.34. The van der Waals surface area contributed by atoms with Gasteiger partial charge in [0.15, 0.2) is 0 Å². The van der Waals surface area contributed by atoms with Crippen LogP contribution in [0.3, 0.4) is 0 Å². The third-order valence-electron chi connectivity index (χ3n) is 2.74. The lowest BCUT2D eigenvalue weighted by atomic mass is 9.90. The van der Waals surface area contributed by atoms with Crippen molar-refractivity contribution >= 4 is 6.09 Å². The minimum Gasteiger partial charge on any atom is -0.410 e. The quantitative estimate of drug-likeness (QED) is 0.765. The minimum atomic E-state index is -0.378. The Kier molecular flexibility index (Phi) is 2.18. The zero-order valence-corrected chi connectivity index (χ0v) is 9.26. The van der Waals surface area contributed by atoms with Gasteiger partial charge in [0, 0.05) is 5.56 Å². The second-order valence-electron chi connectivity index (χ2n) is 4.32. The molecule has 3 heteroatoms. The maximum Gasteiger partial charge on any atom is 0.413 e. The lowest BCUT2D eigenvalue weighted by Gasteiger charge is -2.32. The van der Waals surface area contributed by atoms with Crippen LogP contribution < -0.4 is 10.1 Å². The van der Waals surface area contributed by atoms with Crippen LogP contribution in [-0.2, 0) is 12.0 Å². The molecule has 0 saturated heterocycles. The smallest absolute Gasteiger partial charge is 0.410 e. The summed E-state index contributed by atoms with van der Waals surface area (Å²) in [6, 6.07) is 5.96. The largest absolute Gasteiger partial charge is 0.413 e. The van der Waals surface area contributed by atoms with Crippen LogP contribution in [0.5, 0.6) is 5.75 Å². The second-order valence-corrected chi connectivity index (χ2v) is 4.32. The van der Waals surface area contributed by atoms with E-state index in [9.17, 15) is 4.79 Å². The summed E-state index contributed by atoms with van der Waals surface area (Å²) in [6.07, 6.45) is 0.605. The van der Waals surface area contributed by atoms with Crippen molar-refractivity contribution in [3.8, 4) is 5.75 Å². The van der Waals surface area contributed by atoms with E-state index in [1.54, 1.807) is 0 Å². The number of ether oxygens (including phenoxy) is 1. The summed E-state index contributed by atoms with van der Waals surface area (Å²) in [5, 5.41) is 2.80.